The molecule has 7 rings (SSSR count). The van der Waals surface area contributed by atoms with Gasteiger partial charge in [-0.3, -0.25) is 0 Å². The highest BCUT2D eigenvalue weighted by atomic mass is 28.3. The molecule has 0 radical (unpaired) electrons. The first-order chi connectivity index (χ1) is 27.8. The van der Waals surface area contributed by atoms with E-state index in [1.165, 1.54) is 39.4 Å². The Hall–Kier alpha value is -4.53. The molecule has 0 spiro atoms. The quantitative estimate of drug-likeness (QED) is 0.0724. The summed E-state index contributed by atoms with van der Waals surface area (Å²) in [4.78, 5) is 8.91. The normalized spacial score (nSPS) is 13.1. The number of nitrogens with zero attached hydrogens (tertiary/aromatic N) is 6. The number of benzene rings is 4. The smallest absolute Gasteiger partial charge is 0.181 e. The van der Waals surface area contributed by atoms with Crippen LogP contribution in [0.1, 0.15) is 42.0 Å². The molecule has 2 heterocycles. The van der Waals surface area contributed by atoms with E-state index in [0.29, 0.717) is 25.4 Å². The fraction of sp³-hybridized carbons (Fsp3) is 0.404. The predicted molar refractivity (Wildman–Crippen MR) is 243 cm³/mol. The van der Waals surface area contributed by atoms with Gasteiger partial charge in [-0.15, -0.1) is 5.10 Å². The van der Waals surface area contributed by atoms with E-state index in [1.807, 2.05) is 4.68 Å². The third-order valence-electron chi connectivity index (χ3n) is 10.4. The molecule has 1 N–H and O–H groups in total. The Balaban J connectivity index is 0.000000221. The molecule has 4 aromatic carbocycles. The van der Waals surface area contributed by atoms with Crippen LogP contribution in [0.25, 0.3) is 33.9 Å². The van der Waals surface area contributed by atoms with Gasteiger partial charge in [-0.1, -0.05) is 138 Å². The van der Waals surface area contributed by atoms with Crippen LogP contribution in [0.15, 0.2) is 110 Å². The fourth-order valence-corrected chi connectivity index (χ4v) is 8.31. The molecule has 0 fully saturated rings. The van der Waals surface area contributed by atoms with Crippen molar-refractivity contribution < 1.29 is 9.47 Å². The highest BCUT2D eigenvalue weighted by Gasteiger charge is 2.20. The molecule has 0 amide bonds. The van der Waals surface area contributed by atoms with Crippen molar-refractivity contribution in [2.75, 3.05) is 13.2 Å². The largest absolute Gasteiger partial charge is 0.359 e. The monoisotopic (exact) mass is 813 g/mol. The van der Waals surface area contributed by atoms with Crippen LogP contribution in [0.2, 0.25) is 51.4 Å². The van der Waals surface area contributed by atoms with E-state index in [4.69, 9.17) is 9.47 Å². The summed E-state index contributed by atoms with van der Waals surface area (Å²) in [7, 11) is -2.13. The summed E-state index contributed by atoms with van der Waals surface area (Å²) in [5, 5.41) is 12.7. The van der Waals surface area contributed by atoms with Crippen LogP contribution in [-0.4, -0.2) is 64.9 Å². The number of fused-ring (bicyclic) bond motifs is 1. The molecule has 58 heavy (non-hydrogen) atoms. The van der Waals surface area contributed by atoms with Crippen molar-refractivity contribution in [3.05, 3.63) is 132 Å². The highest BCUT2D eigenvalue weighted by molar-refractivity contribution is 6.76. The highest BCUT2D eigenvalue weighted by Crippen LogP contribution is 2.26. The van der Waals surface area contributed by atoms with E-state index in [-0.39, 0.29) is 0 Å². The average molecular weight is 814 g/mol. The molecule has 6 aromatic rings. The van der Waals surface area contributed by atoms with Crippen molar-refractivity contribution in [3.8, 4) is 33.9 Å². The van der Waals surface area contributed by atoms with Crippen molar-refractivity contribution in [2.45, 2.75) is 110 Å². The van der Waals surface area contributed by atoms with Crippen LogP contribution >= 0.6 is 0 Å². The van der Waals surface area contributed by atoms with E-state index in [2.05, 4.69) is 176 Å². The standard InChI is InChI=1S/C30H36N4OSi.C17H27N3OSi/c1-36(2,3)16-15-35-22-34-21-32-30(33-34)28-10-6-9-25(17-28)24-13-11-23(12-14-24)20-31-29-18-26-7-4-5-8-27(26)19-29;1-14(2)15-7-6-8-16(11-15)17-18-12-19-20(17)13-21-9-10-22(3,4)5/h4-14,17,21,29,31H,15-16,18-20,22H2,1-3H3;6-8,11-12,14H,9-10,13H2,1-5H3. The van der Waals surface area contributed by atoms with Gasteiger partial charge in [-0.05, 0) is 76.4 Å². The molecule has 1 aliphatic carbocycles. The Morgan fingerprint density at radius 1 is 0.690 bits per heavy atom. The lowest BCUT2D eigenvalue weighted by molar-refractivity contribution is 0.0784. The van der Waals surface area contributed by atoms with Crippen LogP contribution in [0.5, 0.6) is 0 Å². The minimum Gasteiger partial charge on any atom is -0.359 e. The molecule has 0 atom stereocenters. The van der Waals surface area contributed by atoms with Crippen molar-refractivity contribution in [1.29, 1.82) is 0 Å². The van der Waals surface area contributed by atoms with Gasteiger partial charge < -0.3 is 14.8 Å². The number of aromatic nitrogens is 6. The van der Waals surface area contributed by atoms with E-state index in [0.717, 1.165) is 61.4 Å². The lowest BCUT2D eigenvalue weighted by Crippen LogP contribution is -2.28. The summed E-state index contributed by atoms with van der Waals surface area (Å²) < 4.78 is 15.2. The summed E-state index contributed by atoms with van der Waals surface area (Å²) in [6.07, 6.45) is 5.59. The summed E-state index contributed by atoms with van der Waals surface area (Å²) in [5.74, 6) is 2.10. The Morgan fingerprint density at radius 3 is 2.00 bits per heavy atom. The molecule has 306 valence electrons. The number of hydrogen-bond acceptors (Lipinski definition) is 7. The van der Waals surface area contributed by atoms with Gasteiger partial charge >= 0.3 is 0 Å². The molecular formula is C47H63N7O2Si2. The van der Waals surface area contributed by atoms with Crippen molar-refractivity contribution in [3.63, 3.8) is 0 Å². The number of nitrogens with one attached hydrogen (secondary N) is 1. The third kappa shape index (κ3) is 13.0. The second kappa shape index (κ2) is 20.0. The van der Waals surface area contributed by atoms with E-state index in [1.54, 1.807) is 17.3 Å². The molecule has 9 nitrogen and oxygen atoms in total. The first-order valence-corrected chi connectivity index (χ1v) is 28.2. The van der Waals surface area contributed by atoms with E-state index < -0.39 is 16.1 Å². The number of ether oxygens (including phenoxy) is 2. The first-order valence-electron chi connectivity index (χ1n) is 20.8. The Bertz CT molecular complexity index is 2160. The molecule has 0 unspecified atom stereocenters. The molecule has 0 bridgehead atoms. The Morgan fingerprint density at radius 2 is 1.33 bits per heavy atom. The van der Waals surface area contributed by atoms with Gasteiger partial charge in [-0.25, -0.2) is 19.3 Å². The molecule has 1 aliphatic rings. The number of rotatable bonds is 17. The summed E-state index contributed by atoms with van der Waals surface area (Å²) in [6, 6.07) is 37.4. The molecule has 2 aromatic heterocycles. The first kappa shape index (κ1) is 43.1. The lowest BCUT2D eigenvalue weighted by atomic mass is 10.0. The van der Waals surface area contributed by atoms with Crippen LogP contribution in [-0.2, 0) is 42.3 Å². The molecule has 0 saturated heterocycles. The summed E-state index contributed by atoms with van der Waals surface area (Å²) in [6.45, 7) is 21.9. The van der Waals surface area contributed by atoms with Crippen LogP contribution in [0.3, 0.4) is 0 Å². The van der Waals surface area contributed by atoms with Gasteiger partial charge in [0.2, 0.25) is 0 Å². The van der Waals surface area contributed by atoms with Crippen molar-refractivity contribution in [1.82, 2.24) is 34.8 Å². The summed E-state index contributed by atoms with van der Waals surface area (Å²) >= 11 is 0. The minimum atomic E-state index is -1.08. The van der Waals surface area contributed by atoms with Crippen LogP contribution in [0.4, 0.5) is 0 Å². The predicted octanol–water partition coefficient (Wildman–Crippen LogP) is 10.6. The average Bonchev–Trinajstić information content (AvgIpc) is 3.98. The number of hydrogen-bond donors (Lipinski definition) is 1. The van der Waals surface area contributed by atoms with Crippen LogP contribution < -0.4 is 5.32 Å². The minimum absolute atomic E-state index is 0.444. The van der Waals surface area contributed by atoms with Crippen molar-refractivity contribution >= 4 is 16.1 Å². The molecule has 0 aliphatic heterocycles. The second-order valence-corrected chi connectivity index (χ2v) is 29.4. The zero-order valence-corrected chi connectivity index (χ0v) is 37.9. The molecular weight excluding hydrogens is 751 g/mol. The van der Waals surface area contributed by atoms with Gasteiger partial charge in [0.05, 0.1) is 0 Å². The topological polar surface area (TPSA) is 91.9 Å². The maximum atomic E-state index is 5.81. The maximum absolute atomic E-state index is 5.81. The van der Waals surface area contributed by atoms with Gasteiger partial charge in [0.25, 0.3) is 0 Å². The Labute approximate surface area is 348 Å². The fourth-order valence-electron chi connectivity index (χ4n) is 6.79. The third-order valence-corrected chi connectivity index (χ3v) is 13.9. The lowest BCUT2D eigenvalue weighted by Gasteiger charge is -2.15. The van der Waals surface area contributed by atoms with Gasteiger partial charge in [-0.2, -0.15) is 5.10 Å². The van der Waals surface area contributed by atoms with Gasteiger partial charge in [0, 0.05) is 53.1 Å². The van der Waals surface area contributed by atoms with E-state index >= 15 is 0 Å². The maximum Gasteiger partial charge on any atom is 0.181 e. The van der Waals surface area contributed by atoms with Gasteiger partial charge in [0.1, 0.15) is 26.1 Å². The Kier molecular flexibility index (Phi) is 14.8. The molecule has 0 saturated carbocycles. The zero-order valence-electron chi connectivity index (χ0n) is 35.9. The van der Waals surface area contributed by atoms with Gasteiger partial charge in [0.15, 0.2) is 11.6 Å². The van der Waals surface area contributed by atoms with Crippen molar-refractivity contribution in [2.24, 2.45) is 0 Å². The SMILES string of the molecule is CC(C)c1cccc(-c2ncnn2COCC[Si](C)(C)C)c1.C[Si](C)(C)CCOCn1cnc(-c2cccc(-c3ccc(CNC4Cc5ccccc5C4)cc3)c2)n1. The van der Waals surface area contributed by atoms with E-state index in [9.17, 15) is 0 Å². The zero-order chi connectivity index (χ0) is 41.1. The van der Waals surface area contributed by atoms with Crippen LogP contribution in [0, 0.1) is 0 Å². The molecule has 11 heteroatoms. The second-order valence-electron chi connectivity index (χ2n) is 18.2. The summed E-state index contributed by atoms with van der Waals surface area (Å²) in [5.41, 5.74) is 10.1.